The largest absolute Gasteiger partial charge is 0.369 e. The Morgan fingerprint density at radius 3 is 2.58 bits per heavy atom. The minimum absolute atomic E-state index is 0.0995. The quantitative estimate of drug-likeness (QED) is 0.384. The Balaban J connectivity index is 2.08. The van der Waals surface area contributed by atoms with E-state index in [4.69, 9.17) is 11.6 Å². The monoisotopic (exact) mass is 428 g/mol. The second-order valence-corrected chi connectivity index (χ2v) is 8.91. The molecule has 4 heteroatoms. The molecule has 0 bridgehead atoms. The van der Waals surface area contributed by atoms with Crippen LogP contribution in [0.1, 0.15) is 49.8 Å². The SMILES string of the molecule is CC1CC(C)(C)N(C)c2cc(Cl)c(/C=C(\C#N)c3ccc(Br)cc3)cc21. The molecule has 0 N–H and O–H groups in total. The van der Waals surface area contributed by atoms with Crippen molar-refractivity contribution >= 4 is 44.9 Å². The van der Waals surface area contributed by atoms with Crippen LogP contribution in [-0.4, -0.2) is 12.6 Å². The third-order valence-corrected chi connectivity index (χ3v) is 6.18. The summed E-state index contributed by atoms with van der Waals surface area (Å²) in [5, 5.41) is 10.3. The highest BCUT2D eigenvalue weighted by atomic mass is 79.9. The number of hydrogen-bond acceptors (Lipinski definition) is 2. The average Bonchev–Trinajstić information content (AvgIpc) is 2.59. The minimum atomic E-state index is 0.0995. The van der Waals surface area contributed by atoms with Gasteiger partial charge >= 0.3 is 0 Å². The molecule has 1 unspecified atom stereocenters. The standard InChI is InChI=1S/C22H22BrClN2/c1-14-12-22(2,3)26(4)21-11-20(24)16(10-19(14)21)9-17(13-25)15-5-7-18(23)8-6-15/h5-11,14H,12H2,1-4H3/b17-9+. The Bertz CT molecular complexity index is 907. The molecule has 1 aliphatic heterocycles. The van der Waals surface area contributed by atoms with E-state index in [0.717, 1.165) is 22.0 Å². The van der Waals surface area contributed by atoms with Gasteiger partial charge in [-0.15, -0.1) is 0 Å². The summed E-state index contributed by atoms with van der Waals surface area (Å²) in [4.78, 5) is 2.31. The van der Waals surface area contributed by atoms with Crippen molar-refractivity contribution in [2.24, 2.45) is 0 Å². The molecule has 0 saturated carbocycles. The molecule has 3 rings (SSSR count). The maximum atomic E-state index is 9.62. The Morgan fingerprint density at radius 1 is 1.31 bits per heavy atom. The van der Waals surface area contributed by atoms with Crippen molar-refractivity contribution in [3.8, 4) is 6.07 Å². The molecule has 2 nitrogen and oxygen atoms in total. The Kier molecular flexibility index (Phi) is 5.19. The number of nitriles is 1. The zero-order valence-electron chi connectivity index (χ0n) is 15.5. The van der Waals surface area contributed by atoms with Crippen LogP contribution >= 0.6 is 27.5 Å². The summed E-state index contributed by atoms with van der Waals surface area (Å²) in [6.07, 6.45) is 2.97. The van der Waals surface area contributed by atoms with Crippen LogP contribution in [0.15, 0.2) is 40.9 Å². The molecule has 26 heavy (non-hydrogen) atoms. The molecule has 1 aliphatic rings. The molecule has 2 aromatic rings. The van der Waals surface area contributed by atoms with E-state index in [2.05, 4.69) is 60.8 Å². The zero-order valence-corrected chi connectivity index (χ0v) is 17.8. The maximum Gasteiger partial charge on any atom is 0.0998 e. The first kappa shape index (κ1) is 19.0. The van der Waals surface area contributed by atoms with Gasteiger partial charge in [0.2, 0.25) is 0 Å². The lowest BCUT2D eigenvalue weighted by molar-refractivity contribution is 0.395. The van der Waals surface area contributed by atoms with Crippen LogP contribution in [-0.2, 0) is 0 Å². The number of allylic oxidation sites excluding steroid dienone is 1. The highest BCUT2D eigenvalue weighted by Crippen LogP contribution is 2.44. The number of rotatable bonds is 2. The number of anilines is 1. The molecule has 0 aromatic heterocycles. The van der Waals surface area contributed by atoms with E-state index in [-0.39, 0.29) is 5.54 Å². The summed E-state index contributed by atoms with van der Waals surface area (Å²) >= 11 is 10.0. The molecule has 1 atom stereocenters. The number of nitrogens with zero attached hydrogens (tertiary/aromatic N) is 2. The van der Waals surface area contributed by atoms with Gasteiger partial charge < -0.3 is 4.90 Å². The van der Waals surface area contributed by atoms with E-state index in [1.165, 1.54) is 11.3 Å². The van der Waals surface area contributed by atoms with Gasteiger partial charge in [-0.25, -0.2) is 0 Å². The predicted octanol–water partition coefficient (Wildman–Crippen LogP) is 6.89. The third kappa shape index (κ3) is 3.54. The van der Waals surface area contributed by atoms with Gasteiger partial charge in [0.05, 0.1) is 11.6 Å². The van der Waals surface area contributed by atoms with Crippen molar-refractivity contribution < 1.29 is 0 Å². The third-order valence-electron chi connectivity index (χ3n) is 5.33. The lowest BCUT2D eigenvalue weighted by Gasteiger charge is -2.45. The Labute approximate surface area is 169 Å². The number of hydrogen-bond donors (Lipinski definition) is 0. The Morgan fingerprint density at radius 2 is 1.96 bits per heavy atom. The molecule has 134 valence electrons. The van der Waals surface area contributed by atoms with E-state index in [1.807, 2.05) is 36.4 Å². The first-order valence-electron chi connectivity index (χ1n) is 8.68. The second-order valence-electron chi connectivity index (χ2n) is 7.59. The van der Waals surface area contributed by atoms with Crippen LogP contribution in [0.5, 0.6) is 0 Å². The fourth-order valence-corrected chi connectivity index (χ4v) is 4.16. The van der Waals surface area contributed by atoms with Crippen molar-refractivity contribution in [1.29, 1.82) is 5.26 Å². The smallest absolute Gasteiger partial charge is 0.0998 e. The topological polar surface area (TPSA) is 27.0 Å². The van der Waals surface area contributed by atoms with Gasteiger partial charge in [-0.1, -0.05) is 46.6 Å². The van der Waals surface area contributed by atoms with Gasteiger partial charge in [0.25, 0.3) is 0 Å². The van der Waals surface area contributed by atoms with Gasteiger partial charge in [0.1, 0.15) is 0 Å². The van der Waals surface area contributed by atoms with Gasteiger partial charge in [-0.2, -0.15) is 5.26 Å². The van der Waals surface area contributed by atoms with Crippen LogP contribution in [0.3, 0.4) is 0 Å². The zero-order chi connectivity index (χ0) is 19.1. The lowest BCUT2D eigenvalue weighted by Crippen LogP contribution is -2.45. The van der Waals surface area contributed by atoms with Crippen molar-refractivity contribution in [1.82, 2.24) is 0 Å². The highest BCUT2D eigenvalue weighted by Gasteiger charge is 2.34. The number of fused-ring (bicyclic) bond motifs is 1. The average molecular weight is 430 g/mol. The van der Waals surface area contributed by atoms with Gasteiger partial charge in [0, 0.05) is 27.8 Å². The second kappa shape index (κ2) is 7.10. The fourth-order valence-electron chi connectivity index (χ4n) is 3.68. The molecule has 0 amide bonds. The van der Waals surface area contributed by atoms with Crippen LogP contribution in [0.25, 0.3) is 11.6 Å². The first-order valence-corrected chi connectivity index (χ1v) is 9.85. The molecule has 0 spiro atoms. The van der Waals surface area contributed by atoms with Crippen LogP contribution in [0.2, 0.25) is 5.02 Å². The molecule has 0 fully saturated rings. The Hall–Kier alpha value is -1.76. The molecular formula is C22H22BrClN2. The molecule has 0 saturated heterocycles. The summed E-state index contributed by atoms with van der Waals surface area (Å²) in [5.74, 6) is 0.443. The van der Waals surface area contributed by atoms with Gasteiger partial charge in [0.15, 0.2) is 0 Å². The van der Waals surface area contributed by atoms with E-state index < -0.39 is 0 Å². The highest BCUT2D eigenvalue weighted by molar-refractivity contribution is 9.10. The summed E-state index contributed by atoms with van der Waals surface area (Å²) < 4.78 is 0.991. The number of halogens is 2. The molecule has 0 radical (unpaired) electrons. The van der Waals surface area contributed by atoms with Crippen molar-refractivity contribution in [3.63, 3.8) is 0 Å². The molecular weight excluding hydrogens is 408 g/mol. The maximum absolute atomic E-state index is 9.62. The lowest BCUT2D eigenvalue weighted by atomic mass is 9.80. The van der Waals surface area contributed by atoms with E-state index in [0.29, 0.717) is 16.5 Å². The molecule has 1 heterocycles. The number of benzene rings is 2. The van der Waals surface area contributed by atoms with Gasteiger partial charge in [-0.05, 0) is 73.2 Å². The fraction of sp³-hybridized carbons (Fsp3) is 0.318. The van der Waals surface area contributed by atoms with Crippen LogP contribution in [0.4, 0.5) is 5.69 Å². The van der Waals surface area contributed by atoms with Crippen molar-refractivity contribution in [3.05, 3.63) is 62.6 Å². The van der Waals surface area contributed by atoms with E-state index in [9.17, 15) is 5.26 Å². The van der Waals surface area contributed by atoms with E-state index >= 15 is 0 Å². The summed E-state index contributed by atoms with van der Waals surface area (Å²) in [7, 11) is 2.12. The predicted molar refractivity (Wildman–Crippen MR) is 115 cm³/mol. The molecule has 2 aromatic carbocycles. The van der Waals surface area contributed by atoms with Crippen molar-refractivity contribution in [2.75, 3.05) is 11.9 Å². The summed E-state index contributed by atoms with van der Waals surface area (Å²) in [6.45, 7) is 6.78. The van der Waals surface area contributed by atoms with Gasteiger partial charge in [-0.3, -0.25) is 0 Å². The van der Waals surface area contributed by atoms with E-state index in [1.54, 1.807) is 0 Å². The summed E-state index contributed by atoms with van der Waals surface area (Å²) in [5.41, 5.74) is 4.95. The minimum Gasteiger partial charge on any atom is -0.369 e. The summed E-state index contributed by atoms with van der Waals surface area (Å²) in [6, 6.07) is 14.2. The van der Waals surface area contributed by atoms with Crippen LogP contribution in [0, 0.1) is 11.3 Å². The van der Waals surface area contributed by atoms with Crippen molar-refractivity contribution in [2.45, 2.75) is 38.6 Å². The normalized spacial score (nSPS) is 19.0. The first-order chi connectivity index (χ1) is 12.2. The van der Waals surface area contributed by atoms with Crippen LogP contribution < -0.4 is 4.90 Å². The molecule has 0 aliphatic carbocycles.